The van der Waals surface area contributed by atoms with Gasteiger partial charge in [0, 0.05) is 13.6 Å². The van der Waals surface area contributed by atoms with Gasteiger partial charge in [-0.25, -0.2) is 0 Å². The summed E-state index contributed by atoms with van der Waals surface area (Å²) in [6.45, 7) is 2.64. The Balaban J connectivity index is 3.22. The molecule has 0 heterocycles. The zero-order valence-electron chi connectivity index (χ0n) is 11.9. The van der Waals surface area contributed by atoms with Crippen molar-refractivity contribution in [3.05, 3.63) is 0 Å². The maximum atomic E-state index is 10.7. The lowest BCUT2D eigenvalue weighted by Gasteiger charge is -2.11. The van der Waals surface area contributed by atoms with Gasteiger partial charge in [-0.15, -0.1) is 0 Å². The normalized spacial score (nSPS) is 12.2. The summed E-state index contributed by atoms with van der Waals surface area (Å²) in [4.78, 5) is 0. The van der Waals surface area contributed by atoms with E-state index in [2.05, 4.69) is 6.92 Å². The van der Waals surface area contributed by atoms with Crippen LogP contribution in [0.15, 0.2) is 0 Å². The van der Waals surface area contributed by atoms with Crippen molar-refractivity contribution < 1.29 is 13.0 Å². The lowest BCUT2D eigenvalue weighted by molar-refractivity contribution is 0.379. The molecule has 0 atom stereocenters. The second kappa shape index (κ2) is 10.8. The number of unbranched alkanes of at least 4 members (excludes halogenated alkanes) is 9. The Morgan fingerprint density at radius 3 is 1.61 bits per heavy atom. The van der Waals surface area contributed by atoms with Gasteiger partial charge in [0.1, 0.15) is 0 Å². The van der Waals surface area contributed by atoms with E-state index in [0.717, 1.165) is 23.6 Å². The molecular weight excluding hydrogens is 250 g/mol. The van der Waals surface area contributed by atoms with Crippen LogP contribution in [0.1, 0.15) is 71.1 Å². The van der Waals surface area contributed by atoms with E-state index in [9.17, 15) is 8.42 Å². The largest absolute Gasteiger partial charge is 0.335 e. The Kier molecular flexibility index (Phi) is 10.7. The average molecular weight is 279 g/mol. The molecule has 1 N–H and O–H groups in total. The predicted octanol–water partition coefficient (Wildman–Crippen LogP) is 3.64. The number of hydrogen-bond acceptors (Lipinski definition) is 2. The second-order valence-electron chi connectivity index (χ2n) is 4.98. The monoisotopic (exact) mass is 279 g/mol. The molecule has 4 nitrogen and oxygen atoms in total. The molecule has 0 aromatic carbocycles. The van der Waals surface area contributed by atoms with E-state index in [4.69, 9.17) is 4.55 Å². The van der Waals surface area contributed by atoms with E-state index < -0.39 is 10.3 Å². The Hall–Kier alpha value is -0.130. The highest BCUT2D eigenvalue weighted by Crippen LogP contribution is 2.10. The molecule has 0 fully saturated rings. The Labute approximate surface area is 113 Å². The van der Waals surface area contributed by atoms with Crippen LogP contribution in [0.4, 0.5) is 0 Å². The molecule has 5 heteroatoms. The first kappa shape index (κ1) is 17.9. The van der Waals surface area contributed by atoms with Crippen LogP contribution in [-0.2, 0) is 10.3 Å². The van der Waals surface area contributed by atoms with Gasteiger partial charge in [-0.05, 0) is 6.42 Å². The molecule has 0 aliphatic rings. The topological polar surface area (TPSA) is 57.6 Å². The summed E-state index contributed by atoms with van der Waals surface area (Å²) in [6.07, 6.45) is 12.2. The van der Waals surface area contributed by atoms with E-state index in [1.165, 1.54) is 52.0 Å². The quantitative estimate of drug-likeness (QED) is 0.438. The van der Waals surface area contributed by atoms with Gasteiger partial charge in [0.15, 0.2) is 0 Å². The first-order valence-corrected chi connectivity index (χ1v) is 8.57. The lowest BCUT2D eigenvalue weighted by Crippen LogP contribution is -2.26. The third kappa shape index (κ3) is 11.0. The molecule has 0 saturated heterocycles. The minimum Gasteiger partial charge on any atom is -0.273 e. The smallest absolute Gasteiger partial charge is 0.273 e. The fraction of sp³-hybridized carbons (Fsp3) is 1.00. The Bertz CT molecular complexity index is 278. The van der Waals surface area contributed by atoms with Gasteiger partial charge in [-0.1, -0.05) is 64.7 Å². The zero-order valence-corrected chi connectivity index (χ0v) is 12.7. The molecule has 0 aromatic heterocycles. The van der Waals surface area contributed by atoms with Crippen molar-refractivity contribution in [3.63, 3.8) is 0 Å². The molecule has 0 spiro atoms. The third-order valence-electron chi connectivity index (χ3n) is 3.22. The van der Waals surface area contributed by atoms with Crippen molar-refractivity contribution in [1.82, 2.24) is 4.31 Å². The molecule has 0 rings (SSSR count). The molecule has 0 aromatic rings. The maximum absolute atomic E-state index is 10.7. The van der Waals surface area contributed by atoms with Gasteiger partial charge in [0.25, 0.3) is 0 Å². The lowest BCUT2D eigenvalue weighted by atomic mass is 10.1. The summed E-state index contributed by atoms with van der Waals surface area (Å²) in [5, 5.41) is 0. The van der Waals surface area contributed by atoms with Crippen LogP contribution in [0, 0.1) is 0 Å². The van der Waals surface area contributed by atoms with Crippen LogP contribution < -0.4 is 0 Å². The highest BCUT2D eigenvalue weighted by atomic mass is 32.2. The summed E-state index contributed by atoms with van der Waals surface area (Å²) in [7, 11) is -2.57. The van der Waals surface area contributed by atoms with Gasteiger partial charge in [-0.2, -0.15) is 12.7 Å². The summed E-state index contributed by atoms with van der Waals surface area (Å²) in [5.41, 5.74) is 0. The van der Waals surface area contributed by atoms with Crippen LogP contribution in [0.2, 0.25) is 0 Å². The molecule has 0 unspecified atom stereocenters. The van der Waals surface area contributed by atoms with Crippen LogP contribution in [-0.4, -0.2) is 30.9 Å². The number of hydrogen-bond donors (Lipinski definition) is 1. The van der Waals surface area contributed by atoms with Crippen molar-refractivity contribution in [2.24, 2.45) is 0 Å². The van der Waals surface area contributed by atoms with E-state index in [-0.39, 0.29) is 0 Å². The summed E-state index contributed by atoms with van der Waals surface area (Å²) in [6, 6.07) is 0. The van der Waals surface area contributed by atoms with Crippen LogP contribution in [0.5, 0.6) is 0 Å². The van der Waals surface area contributed by atoms with Gasteiger partial charge >= 0.3 is 10.3 Å². The summed E-state index contributed by atoms with van der Waals surface area (Å²) in [5.74, 6) is 0. The minimum atomic E-state index is -3.98. The Morgan fingerprint density at radius 2 is 1.22 bits per heavy atom. The third-order valence-corrected chi connectivity index (χ3v) is 4.19. The number of nitrogens with zero attached hydrogens (tertiary/aromatic N) is 1. The average Bonchev–Trinajstić information content (AvgIpc) is 2.30. The van der Waals surface area contributed by atoms with Crippen LogP contribution >= 0.6 is 0 Å². The maximum Gasteiger partial charge on any atom is 0.335 e. The Morgan fingerprint density at radius 1 is 0.833 bits per heavy atom. The van der Waals surface area contributed by atoms with Crippen LogP contribution in [0.3, 0.4) is 0 Å². The second-order valence-corrected chi connectivity index (χ2v) is 6.50. The SMILES string of the molecule is CCCCCCCCCCCCN(C)S(=O)(=O)O. The first-order valence-electron chi connectivity index (χ1n) is 7.17. The number of rotatable bonds is 12. The molecule has 0 radical (unpaired) electrons. The van der Waals surface area contributed by atoms with Gasteiger partial charge in [-0.3, -0.25) is 4.55 Å². The molecule has 110 valence electrons. The fourth-order valence-electron chi connectivity index (χ4n) is 1.94. The fourth-order valence-corrected chi connectivity index (χ4v) is 2.30. The molecule has 0 bridgehead atoms. The van der Waals surface area contributed by atoms with Crippen molar-refractivity contribution >= 4 is 10.3 Å². The predicted molar refractivity (Wildman–Crippen MR) is 76.0 cm³/mol. The molecular formula is C13H29NO3S. The molecule has 0 amide bonds. The minimum absolute atomic E-state index is 0.412. The van der Waals surface area contributed by atoms with Crippen molar-refractivity contribution in [3.8, 4) is 0 Å². The summed E-state index contributed by atoms with van der Waals surface area (Å²) < 4.78 is 31.1. The van der Waals surface area contributed by atoms with Gasteiger partial charge in [0.2, 0.25) is 0 Å². The van der Waals surface area contributed by atoms with Gasteiger partial charge in [0.05, 0.1) is 0 Å². The molecule has 0 saturated carbocycles. The zero-order chi connectivity index (χ0) is 13.9. The van der Waals surface area contributed by atoms with E-state index in [0.29, 0.717) is 6.54 Å². The standard InChI is InChI=1S/C13H29NO3S/c1-3-4-5-6-7-8-9-10-11-12-13-14(2)18(15,16)17/h3-13H2,1-2H3,(H,15,16,17). The summed E-state index contributed by atoms with van der Waals surface area (Å²) >= 11 is 0. The van der Waals surface area contributed by atoms with Crippen LogP contribution in [0.25, 0.3) is 0 Å². The molecule has 0 aliphatic carbocycles. The van der Waals surface area contributed by atoms with Crippen molar-refractivity contribution in [2.45, 2.75) is 71.1 Å². The molecule has 0 aliphatic heterocycles. The van der Waals surface area contributed by atoms with Crippen molar-refractivity contribution in [1.29, 1.82) is 0 Å². The molecule has 18 heavy (non-hydrogen) atoms. The van der Waals surface area contributed by atoms with E-state index in [1.807, 2.05) is 0 Å². The van der Waals surface area contributed by atoms with Gasteiger partial charge < -0.3 is 0 Å². The van der Waals surface area contributed by atoms with E-state index >= 15 is 0 Å². The van der Waals surface area contributed by atoms with Crippen molar-refractivity contribution in [2.75, 3.05) is 13.6 Å². The first-order chi connectivity index (χ1) is 8.48. The van der Waals surface area contributed by atoms with E-state index in [1.54, 1.807) is 0 Å². The highest BCUT2D eigenvalue weighted by molar-refractivity contribution is 7.83. The highest BCUT2D eigenvalue weighted by Gasteiger charge is 2.11.